The van der Waals surface area contributed by atoms with Gasteiger partial charge in [-0.2, -0.15) is 0 Å². The van der Waals surface area contributed by atoms with Crippen LogP contribution in [0.1, 0.15) is 38.3 Å². The molecule has 0 N–H and O–H groups in total. The molecule has 132 valence electrons. The van der Waals surface area contributed by atoms with Crippen LogP contribution < -0.4 is 9.64 Å². The minimum absolute atomic E-state index is 0.301. The van der Waals surface area contributed by atoms with Gasteiger partial charge < -0.3 is 9.64 Å². The van der Waals surface area contributed by atoms with Crippen molar-refractivity contribution < 1.29 is 4.74 Å². The Morgan fingerprint density at radius 2 is 2.04 bits per heavy atom. The van der Waals surface area contributed by atoms with E-state index in [2.05, 4.69) is 42.8 Å². The van der Waals surface area contributed by atoms with Gasteiger partial charge in [0, 0.05) is 19.5 Å². The van der Waals surface area contributed by atoms with Gasteiger partial charge in [-0.05, 0) is 42.7 Å². The highest BCUT2D eigenvalue weighted by molar-refractivity contribution is 7.25. The van der Waals surface area contributed by atoms with Crippen molar-refractivity contribution in [2.45, 2.75) is 40.0 Å². The van der Waals surface area contributed by atoms with Gasteiger partial charge in [-0.3, -0.25) is 0 Å². The number of anilines is 1. The third-order valence-corrected chi connectivity index (χ3v) is 6.04. The van der Waals surface area contributed by atoms with Gasteiger partial charge >= 0.3 is 0 Å². The fraction of sp³-hybridized carbons (Fsp3) is 0.526. The smallest absolute Gasteiger partial charge is 0.234 e. The highest BCUT2D eigenvalue weighted by atomic mass is 32.1. The van der Waals surface area contributed by atoms with Crippen molar-refractivity contribution in [2.75, 3.05) is 25.6 Å². The quantitative estimate of drug-likeness (QED) is 0.703. The molecule has 0 aliphatic heterocycles. The number of rotatable bonds is 3. The molecule has 6 heteroatoms. The van der Waals surface area contributed by atoms with Crippen molar-refractivity contribution in [3.8, 4) is 5.88 Å². The van der Waals surface area contributed by atoms with Crippen molar-refractivity contribution in [2.24, 2.45) is 5.41 Å². The first-order valence-electron chi connectivity index (χ1n) is 8.80. The number of hydrogen-bond acceptors (Lipinski definition) is 6. The second kappa shape index (κ2) is 5.80. The SMILES string of the molecule is CCOc1ncnc2c1sc1nc(N(C)C)c3c(c12)CC(C)(C)CC3. The summed E-state index contributed by atoms with van der Waals surface area (Å²) in [5.74, 6) is 1.76. The third-order valence-electron chi connectivity index (χ3n) is 4.98. The molecular formula is C19H24N4OS. The molecule has 3 aromatic rings. The molecule has 0 fully saturated rings. The Balaban J connectivity index is 2.09. The molecule has 0 spiro atoms. The topological polar surface area (TPSA) is 51.1 Å². The predicted molar refractivity (Wildman–Crippen MR) is 104 cm³/mol. The predicted octanol–water partition coefficient (Wildman–Crippen LogP) is 4.22. The zero-order valence-corrected chi connectivity index (χ0v) is 16.3. The molecule has 1 aliphatic rings. The summed E-state index contributed by atoms with van der Waals surface area (Å²) in [6, 6.07) is 0. The van der Waals surface area contributed by atoms with Crippen LogP contribution in [-0.2, 0) is 12.8 Å². The average molecular weight is 356 g/mol. The van der Waals surface area contributed by atoms with E-state index in [1.54, 1.807) is 17.7 Å². The normalized spacial score (nSPS) is 16.2. The van der Waals surface area contributed by atoms with E-state index in [-0.39, 0.29) is 0 Å². The van der Waals surface area contributed by atoms with Gasteiger partial charge in [-0.15, -0.1) is 11.3 Å². The Bertz CT molecular complexity index is 961. The Morgan fingerprint density at radius 3 is 2.76 bits per heavy atom. The zero-order chi connectivity index (χ0) is 17.8. The van der Waals surface area contributed by atoms with Crippen molar-refractivity contribution in [3.05, 3.63) is 17.5 Å². The van der Waals surface area contributed by atoms with E-state index in [1.165, 1.54) is 22.9 Å². The lowest BCUT2D eigenvalue weighted by atomic mass is 9.73. The van der Waals surface area contributed by atoms with E-state index in [0.717, 1.165) is 33.7 Å². The summed E-state index contributed by atoms with van der Waals surface area (Å²) in [5.41, 5.74) is 4.09. The van der Waals surface area contributed by atoms with Crippen molar-refractivity contribution in [1.29, 1.82) is 0 Å². The molecule has 3 heterocycles. The van der Waals surface area contributed by atoms with E-state index < -0.39 is 0 Å². The highest BCUT2D eigenvalue weighted by Gasteiger charge is 2.31. The number of hydrogen-bond donors (Lipinski definition) is 0. The molecule has 0 amide bonds. The first kappa shape index (κ1) is 16.5. The summed E-state index contributed by atoms with van der Waals surface area (Å²) in [5, 5.41) is 1.21. The van der Waals surface area contributed by atoms with Gasteiger partial charge in [0.15, 0.2) is 0 Å². The monoisotopic (exact) mass is 356 g/mol. The van der Waals surface area contributed by atoms with Crippen LogP contribution in [0.3, 0.4) is 0 Å². The number of pyridine rings is 1. The van der Waals surface area contributed by atoms with Crippen LogP contribution in [0.2, 0.25) is 0 Å². The maximum atomic E-state index is 5.73. The van der Waals surface area contributed by atoms with E-state index >= 15 is 0 Å². The average Bonchev–Trinajstić information content (AvgIpc) is 2.93. The summed E-state index contributed by atoms with van der Waals surface area (Å²) in [6.45, 7) is 7.29. The van der Waals surface area contributed by atoms with Gasteiger partial charge in [-0.25, -0.2) is 15.0 Å². The number of aromatic nitrogens is 3. The molecule has 3 aromatic heterocycles. The van der Waals surface area contributed by atoms with Crippen molar-refractivity contribution in [1.82, 2.24) is 15.0 Å². The maximum Gasteiger partial charge on any atom is 0.234 e. The molecule has 1 aliphatic carbocycles. The highest BCUT2D eigenvalue weighted by Crippen LogP contribution is 2.46. The minimum atomic E-state index is 0.301. The number of fused-ring (bicyclic) bond motifs is 5. The summed E-state index contributed by atoms with van der Waals surface area (Å²) < 4.78 is 6.74. The molecule has 0 aromatic carbocycles. The molecule has 0 bridgehead atoms. The molecule has 0 saturated carbocycles. The summed E-state index contributed by atoms with van der Waals surface area (Å²) in [6.07, 6.45) is 4.93. The first-order valence-corrected chi connectivity index (χ1v) is 9.62. The van der Waals surface area contributed by atoms with Gasteiger partial charge in [0.2, 0.25) is 5.88 Å². The van der Waals surface area contributed by atoms with Crippen LogP contribution in [0.4, 0.5) is 5.82 Å². The Kier molecular flexibility index (Phi) is 3.83. The molecular weight excluding hydrogens is 332 g/mol. The lowest BCUT2D eigenvalue weighted by molar-refractivity contribution is 0.317. The molecule has 5 nitrogen and oxygen atoms in total. The minimum Gasteiger partial charge on any atom is -0.477 e. The van der Waals surface area contributed by atoms with Crippen LogP contribution in [0.25, 0.3) is 20.4 Å². The second-order valence-corrected chi connectivity index (χ2v) is 8.70. The van der Waals surface area contributed by atoms with Crippen molar-refractivity contribution >= 4 is 37.6 Å². The second-order valence-electron chi connectivity index (χ2n) is 7.70. The van der Waals surface area contributed by atoms with Crippen LogP contribution in [-0.4, -0.2) is 35.7 Å². The molecule has 4 rings (SSSR count). The first-order chi connectivity index (χ1) is 11.9. The number of ether oxygens (including phenoxy) is 1. The molecule has 0 atom stereocenters. The van der Waals surface area contributed by atoms with Gasteiger partial charge in [0.25, 0.3) is 0 Å². The van der Waals surface area contributed by atoms with Crippen LogP contribution in [0.15, 0.2) is 6.33 Å². The van der Waals surface area contributed by atoms with Crippen LogP contribution in [0, 0.1) is 5.41 Å². The van der Waals surface area contributed by atoms with E-state index in [9.17, 15) is 0 Å². The van der Waals surface area contributed by atoms with E-state index in [4.69, 9.17) is 9.72 Å². The Hall–Kier alpha value is -1.95. The van der Waals surface area contributed by atoms with E-state index in [0.29, 0.717) is 17.9 Å². The lowest BCUT2D eigenvalue weighted by Crippen LogP contribution is -2.25. The molecule has 0 radical (unpaired) electrons. The summed E-state index contributed by atoms with van der Waals surface area (Å²) in [4.78, 5) is 17.1. The largest absolute Gasteiger partial charge is 0.477 e. The lowest BCUT2D eigenvalue weighted by Gasteiger charge is -2.33. The fourth-order valence-electron chi connectivity index (χ4n) is 3.77. The zero-order valence-electron chi connectivity index (χ0n) is 15.5. The summed E-state index contributed by atoms with van der Waals surface area (Å²) in [7, 11) is 4.15. The van der Waals surface area contributed by atoms with E-state index in [1.807, 2.05) is 6.92 Å². The fourth-order valence-corrected chi connectivity index (χ4v) is 4.87. The Morgan fingerprint density at radius 1 is 1.24 bits per heavy atom. The van der Waals surface area contributed by atoms with Gasteiger partial charge in [0.05, 0.1) is 12.1 Å². The van der Waals surface area contributed by atoms with Crippen LogP contribution >= 0.6 is 11.3 Å². The van der Waals surface area contributed by atoms with Gasteiger partial charge in [0.1, 0.15) is 21.7 Å². The van der Waals surface area contributed by atoms with Gasteiger partial charge in [-0.1, -0.05) is 13.8 Å². The molecule has 0 unspecified atom stereocenters. The maximum absolute atomic E-state index is 5.73. The molecule has 25 heavy (non-hydrogen) atoms. The number of thiophene rings is 1. The van der Waals surface area contributed by atoms with Crippen molar-refractivity contribution in [3.63, 3.8) is 0 Å². The summed E-state index contributed by atoms with van der Waals surface area (Å²) >= 11 is 1.64. The van der Waals surface area contributed by atoms with Crippen LogP contribution in [0.5, 0.6) is 5.88 Å². The third kappa shape index (κ3) is 2.63. The number of nitrogens with zero attached hydrogens (tertiary/aromatic N) is 4. The molecule has 0 saturated heterocycles. The standard InChI is InChI=1S/C19H24N4OS/c1-6-24-17-15-14(20-10-21-17)13-12-9-19(2,3)8-7-11(12)16(23(4)5)22-18(13)25-15/h10H,6-9H2,1-5H3. The Labute approximate surface area is 152 Å².